The molecule has 0 saturated heterocycles. The number of nitrogens with zero attached hydrogens (tertiary/aromatic N) is 2. The van der Waals surface area contributed by atoms with E-state index in [1.54, 1.807) is 6.20 Å². The fourth-order valence-corrected chi connectivity index (χ4v) is 1.79. The van der Waals surface area contributed by atoms with E-state index in [1.165, 1.54) is 7.11 Å². The van der Waals surface area contributed by atoms with E-state index in [9.17, 15) is 4.79 Å². The second kappa shape index (κ2) is 3.99. The Balaban J connectivity index is 2.10. The standard InChI is InChI=1S/C12H10N4O2/c1-18-12(17)11-14-9-3-2-7(6-10(9)15-11)8-4-5-13-16-8/h2-6H,1H3,(H,13,16)(H,14,15). The second-order valence-corrected chi connectivity index (χ2v) is 3.78. The fraction of sp³-hybridized carbons (Fsp3) is 0.0833. The molecule has 2 N–H and O–H groups in total. The van der Waals surface area contributed by atoms with E-state index in [1.807, 2.05) is 24.3 Å². The molecule has 6 heteroatoms. The van der Waals surface area contributed by atoms with Gasteiger partial charge in [-0.15, -0.1) is 0 Å². The normalized spacial score (nSPS) is 10.7. The lowest BCUT2D eigenvalue weighted by Crippen LogP contribution is -2.02. The minimum atomic E-state index is -0.478. The molecule has 18 heavy (non-hydrogen) atoms. The molecule has 0 atom stereocenters. The van der Waals surface area contributed by atoms with Crippen molar-refractivity contribution in [1.82, 2.24) is 20.2 Å². The van der Waals surface area contributed by atoms with E-state index >= 15 is 0 Å². The van der Waals surface area contributed by atoms with Crippen LogP contribution in [0.5, 0.6) is 0 Å². The topological polar surface area (TPSA) is 83.7 Å². The van der Waals surface area contributed by atoms with Crippen LogP contribution in [0.2, 0.25) is 0 Å². The molecule has 2 heterocycles. The zero-order chi connectivity index (χ0) is 12.5. The molecule has 3 rings (SSSR count). The Bertz CT molecular complexity index is 700. The van der Waals surface area contributed by atoms with Crippen molar-refractivity contribution in [2.45, 2.75) is 0 Å². The van der Waals surface area contributed by atoms with Crippen LogP contribution in [-0.2, 0) is 4.74 Å². The highest BCUT2D eigenvalue weighted by Gasteiger charge is 2.11. The predicted molar refractivity (Wildman–Crippen MR) is 65.0 cm³/mol. The van der Waals surface area contributed by atoms with Gasteiger partial charge in [0.25, 0.3) is 0 Å². The molecule has 2 aromatic heterocycles. The summed E-state index contributed by atoms with van der Waals surface area (Å²) in [5.41, 5.74) is 3.38. The van der Waals surface area contributed by atoms with Gasteiger partial charge in [-0.1, -0.05) is 6.07 Å². The number of esters is 1. The van der Waals surface area contributed by atoms with Crippen LogP contribution in [0.3, 0.4) is 0 Å². The summed E-state index contributed by atoms with van der Waals surface area (Å²) in [6.07, 6.45) is 1.69. The van der Waals surface area contributed by atoms with E-state index in [0.717, 1.165) is 22.3 Å². The third-order valence-corrected chi connectivity index (χ3v) is 2.67. The first-order chi connectivity index (χ1) is 8.78. The zero-order valence-electron chi connectivity index (χ0n) is 9.60. The van der Waals surface area contributed by atoms with Crippen molar-refractivity contribution in [3.63, 3.8) is 0 Å². The number of aromatic nitrogens is 4. The SMILES string of the molecule is COC(=O)c1nc2ccc(-c3ccn[nH]3)cc2[nH]1. The van der Waals surface area contributed by atoms with Gasteiger partial charge in [-0.3, -0.25) is 5.10 Å². The summed E-state index contributed by atoms with van der Waals surface area (Å²) < 4.78 is 4.62. The summed E-state index contributed by atoms with van der Waals surface area (Å²) in [5.74, 6) is -0.274. The molecular weight excluding hydrogens is 232 g/mol. The van der Waals surface area contributed by atoms with Gasteiger partial charge in [0.2, 0.25) is 5.82 Å². The molecule has 3 aromatic rings. The number of fused-ring (bicyclic) bond motifs is 1. The van der Waals surface area contributed by atoms with Crippen molar-refractivity contribution in [2.75, 3.05) is 7.11 Å². The Kier molecular flexibility index (Phi) is 2.33. The molecule has 0 aliphatic rings. The van der Waals surface area contributed by atoms with E-state index in [4.69, 9.17) is 0 Å². The molecule has 0 radical (unpaired) electrons. The van der Waals surface area contributed by atoms with Crippen LogP contribution in [0.1, 0.15) is 10.6 Å². The number of carbonyl (C=O) groups is 1. The van der Waals surface area contributed by atoms with Gasteiger partial charge in [-0.05, 0) is 18.2 Å². The number of H-pyrrole nitrogens is 2. The van der Waals surface area contributed by atoms with Gasteiger partial charge in [0.15, 0.2) is 0 Å². The predicted octanol–water partition coefficient (Wildman–Crippen LogP) is 1.74. The fourth-order valence-electron chi connectivity index (χ4n) is 1.79. The Morgan fingerprint density at radius 3 is 2.94 bits per heavy atom. The average molecular weight is 242 g/mol. The molecule has 6 nitrogen and oxygen atoms in total. The van der Waals surface area contributed by atoms with Gasteiger partial charge in [0, 0.05) is 11.8 Å². The van der Waals surface area contributed by atoms with Crippen molar-refractivity contribution >= 4 is 17.0 Å². The summed E-state index contributed by atoms with van der Waals surface area (Å²) in [7, 11) is 1.32. The number of benzene rings is 1. The highest BCUT2D eigenvalue weighted by atomic mass is 16.5. The lowest BCUT2D eigenvalue weighted by Gasteiger charge is -1.96. The van der Waals surface area contributed by atoms with Crippen LogP contribution < -0.4 is 0 Å². The van der Waals surface area contributed by atoms with Crippen molar-refractivity contribution in [2.24, 2.45) is 0 Å². The van der Waals surface area contributed by atoms with Crippen LogP contribution in [-0.4, -0.2) is 33.2 Å². The molecule has 0 aliphatic heterocycles. The molecule has 1 aromatic carbocycles. The van der Waals surface area contributed by atoms with E-state index in [0.29, 0.717) is 0 Å². The lowest BCUT2D eigenvalue weighted by atomic mass is 10.1. The summed E-state index contributed by atoms with van der Waals surface area (Å²) >= 11 is 0. The first-order valence-corrected chi connectivity index (χ1v) is 5.36. The molecular formula is C12H10N4O2. The number of methoxy groups -OCH3 is 1. The van der Waals surface area contributed by atoms with Gasteiger partial charge in [0.05, 0.1) is 23.8 Å². The quantitative estimate of drug-likeness (QED) is 0.670. The number of ether oxygens (including phenoxy) is 1. The highest BCUT2D eigenvalue weighted by Crippen LogP contribution is 2.21. The van der Waals surface area contributed by atoms with Crippen molar-refractivity contribution in [1.29, 1.82) is 0 Å². The van der Waals surface area contributed by atoms with Gasteiger partial charge in [0.1, 0.15) is 0 Å². The molecule has 0 fully saturated rings. The van der Waals surface area contributed by atoms with Gasteiger partial charge in [-0.2, -0.15) is 5.10 Å². The minimum Gasteiger partial charge on any atom is -0.463 e. The Labute approximate surface area is 102 Å². The molecule has 0 bridgehead atoms. The van der Waals surface area contributed by atoms with Crippen LogP contribution in [0.4, 0.5) is 0 Å². The number of carbonyl (C=O) groups excluding carboxylic acids is 1. The minimum absolute atomic E-state index is 0.203. The number of hydrogen-bond donors (Lipinski definition) is 2. The molecule has 0 aliphatic carbocycles. The van der Waals surface area contributed by atoms with Crippen molar-refractivity contribution in [3.05, 3.63) is 36.3 Å². The number of rotatable bonds is 2. The van der Waals surface area contributed by atoms with Gasteiger partial charge >= 0.3 is 5.97 Å². The maximum Gasteiger partial charge on any atom is 0.374 e. The molecule has 0 unspecified atom stereocenters. The Morgan fingerprint density at radius 1 is 1.33 bits per heavy atom. The summed E-state index contributed by atoms with van der Waals surface area (Å²) in [6.45, 7) is 0. The molecule has 90 valence electrons. The maximum absolute atomic E-state index is 11.4. The second-order valence-electron chi connectivity index (χ2n) is 3.78. The maximum atomic E-state index is 11.4. The molecule has 0 spiro atoms. The highest BCUT2D eigenvalue weighted by molar-refractivity contribution is 5.91. The number of imidazole rings is 1. The Hall–Kier alpha value is -2.63. The summed E-state index contributed by atoms with van der Waals surface area (Å²) in [6, 6.07) is 7.53. The van der Waals surface area contributed by atoms with Gasteiger partial charge in [-0.25, -0.2) is 9.78 Å². The van der Waals surface area contributed by atoms with Crippen LogP contribution >= 0.6 is 0 Å². The molecule has 0 saturated carbocycles. The van der Waals surface area contributed by atoms with Crippen LogP contribution in [0, 0.1) is 0 Å². The van der Waals surface area contributed by atoms with Crippen molar-refractivity contribution in [3.8, 4) is 11.3 Å². The van der Waals surface area contributed by atoms with E-state index in [2.05, 4.69) is 24.9 Å². The van der Waals surface area contributed by atoms with Gasteiger partial charge < -0.3 is 9.72 Å². The third kappa shape index (κ3) is 1.64. The summed E-state index contributed by atoms with van der Waals surface area (Å²) in [5, 5.41) is 6.78. The van der Waals surface area contributed by atoms with E-state index in [-0.39, 0.29) is 5.82 Å². The number of hydrogen-bond acceptors (Lipinski definition) is 4. The number of aromatic amines is 2. The summed E-state index contributed by atoms with van der Waals surface area (Å²) in [4.78, 5) is 18.4. The van der Waals surface area contributed by atoms with Crippen LogP contribution in [0.25, 0.3) is 22.3 Å². The monoisotopic (exact) mass is 242 g/mol. The third-order valence-electron chi connectivity index (χ3n) is 2.67. The van der Waals surface area contributed by atoms with Crippen LogP contribution in [0.15, 0.2) is 30.5 Å². The zero-order valence-corrected chi connectivity index (χ0v) is 9.60. The number of nitrogens with one attached hydrogen (secondary N) is 2. The smallest absolute Gasteiger partial charge is 0.374 e. The Morgan fingerprint density at radius 2 is 2.22 bits per heavy atom. The average Bonchev–Trinajstić information content (AvgIpc) is 3.05. The first-order valence-electron chi connectivity index (χ1n) is 5.36. The van der Waals surface area contributed by atoms with E-state index < -0.39 is 5.97 Å². The lowest BCUT2D eigenvalue weighted by molar-refractivity contribution is 0.0588. The first kappa shape index (κ1) is 10.5. The molecule has 0 amide bonds. The van der Waals surface area contributed by atoms with Crippen molar-refractivity contribution < 1.29 is 9.53 Å². The largest absolute Gasteiger partial charge is 0.463 e.